The number of aryl methyl sites for hydroxylation is 2. The van der Waals surface area contributed by atoms with Gasteiger partial charge in [-0.3, -0.25) is 0 Å². The number of ether oxygens (including phenoxy) is 2. The number of hydrogen-bond donors (Lipinski definition) is 1. The lowest BCUT2D eigenvalue weighted by Gasteiger charge is -2.27. The van der Waals surface area contributed by atoms with Crippen molar-refractivity contribution in [1.29, 1.82) is 0 Å². The molecular formula is C18H21NO4S. The Morgan fingerprint density at radius 3 is 2.50 bits per heavy atom. The Balaban J connectivity index is 1.96. The predicted molar refractivity (Wildman–Crippen MR) is 92.1 cm³/mol. The van der Waals surface area contributed by atoms with Crippen LogP contribution >= 0.6 is 0 Å². The topological polar surface area (TPSA) is 64.6 Å². The second kappa shape index (κ2) is 6.45. The van der Waals surface area contributed by atoms with E-state index >= 15 is 0 Å². The van der Waals surface area contributed by atoms with Crippen molar-refractivity contribution in [2.24, 2.45) is 0 Å². The standard InChI is InChI=1S/C18H21NO4S/c1-12-10-14(22-3)11-13(2)18(12)24(20,21)19-16-8-9-23-17-7-5-4-6-15(16)17/h4-7,10-11,16,19H,8-9H2,1-3H3. The fourth-order valence-corrected chi connectivity index (χ4v) is 4.87. The highest BCUT2D eigenvalue weighted by atomic mass is 32.2. The van der Waals surface area contributed by atoms with Crippen LogP contribution in [0.15, 0.2) is 41.3 Å². The minimum absolute atomic E-state index is 0.291. The summed E-state index contributed by atoms with van der Waals surface area (Å²) in [5.74, 6) is 1.39. The SMILES string of the molecule is COc1cc(C)c(S(=O)(=O)NC2CCOc3ccccc32)c(C)c1. The molecule has 1 unspecified atom stereocenters. The molecule has 0 saturated carbocycles. The Bertz CT molecular complexity index is 838. The molecule has 1 aliphatic rings. The largest absolute Gasteiger partial charge is 0.497 e. The maximum atomic E-state index is 13.0. The maximum Gasteiger partial charge on any atom is 0.241 e. The van der Waals surface area contributed by atoms with E-state index in [4.69, 9.17) is 9.47 Å². The normalized spacial score (nSPS) is 17.0. The minimum atomic E-state index is -3.65. The summed E-state index contributed by atoms with van der Waals surface area (Å²) in [7, 11) is -2.08. The van der Waals surface area contributed by atoms with Crippen molar-refractivity contribution in [3.63, 3.8) is 0 Å². The molecule has 3 rings (SSSR count). The van der Waals surface area contributed by atoms with Crippen molar-refractivity contribution < 1.29 is 17.9 Å². The van der Waals surface area contributed by atoms with Crippen LogP contribution in [-0.4, -0.2) is 22.1 Å². The molecule has 0 radical (unpaired) electrons. The molecule has 6 heteroatoms. The van der Waals surface area contributed by atoms with Crippen molar-refractivity contribution in [3.05, 3.63) is 53.1 Å². The van der Waals surface area contributed by atoms with Crippen LogP contribution in [0.25, 0.3) is 0 Å². The summed E-state index contributed by atoms with van der Waals surface area (Å²) >= 11 is 0. The van der Waals surface area contributed by atoms with Crippen molar-refractivity contribution in [2.45, 2.75) is 31.2 Å². The first-order valence-electron chi connectivity index (χ1n) is 7.81. The summed E-state index contributed by atoms with van der Waals surface area (Å²) in [6, 6.07) is 10.7. The molecule has 0 bridgehead atoms. The Morgan fingerprint density at radius 2 is 1.83 bits per heavy atom. The van der Waals surface area contributed by atoms with E-state index in [9.17, 15) is 8.42 Å². The zero-order valence-corrected chi connectivity index (χ0v) is 14.8. The molecule has 1 atom stereocenters. The number of para-hydroxylation sites is 1. The van der Waals surface area contributed by atoms with Gasteiger partial charge < -0.3 is 9.47 Å². The van der Waals surface area contributed by atoms with E-state index in [0.717, 1.165) is 11.3 Å². The quantitative estimate of drug-likeness (QED) is 0.923. The molecule has 0 spiro atoms. The van der Waals surface area contributed by atoms with E-state index in [0.29, 0.717) is 34.8 Å². The van der Waals surface area contributed by atoms with Gasteiger partial charge in [0.05, 0.1) is 24.7 Å². The van der Waals surface area contributed by atoms with Gasteiger partial charge in [-0.25, -0.2) is 13.1 Å². The van der Waals surface area contributed by atoms with Gasteiger partial charge in [-0.05, 0) is 43.2 Å². The van der Waals surface area contributed by atoms with Gasteiger partial charge in [-0.2, -0.15) is 0 Å². The summed E-state index contributed by atoms with van der Waals surface area (Å²) in [4.78, 5) is 0.312. The molecule has 0 saturated heterocycles. The van der Waals surface area contributed by atoms with Gasteiger partial charge in [0.25, 0.3) is 0 Å². The lowest BCUT2D eigenvalue weighted by molar-refractivity contribution is 0.263. The van der Waals surface area contributed by atoms with Crippen LogP contribution in [0.3, 0.4) is 0 Å². The second-order valence-corrected chi connectivity index (χ2v) is 7.59. The molecular weight excluding hydrogens is 326 g/mol. The summed E-state index contributed by atoms with van der Waals surface area (Å²) < 4.78 is 39.6. The number of rotatable bonds is 4. The summed E-state index contributed by atoms with van der Waals surface area (Å²) in [6.07, 6.45) is 0.602. The molecule has 0 aliphatic carbocycles. The molecule has 24 heavy (non-hydrogen) atoms. The van der Waals surface area contributed by atoms with Gasteiger partial charge in [0.2, 0.25) is 10.0 Å². The zero-order valence-electron chi connectivity index (χ0n) is 14.0. The molecule has 2 aromatic rings. The summed E-state index contributed by atoms with van der Waals surface area (Å²) in [6.45, 7) is 4.05. The summed E-state index contributed by atoms with van der Waals surface area (Å²) in [5.41, 5.74) is 2.20. The van der Waals surface area contributed by atoms with Gasteiger partial charge in [-0.1, -0.05) is 18.2 Å². The first-order chi connectivity index (χ1) is 11.4. The monoisotopic (exact) mass is 347 g/mol. The Morgan fingerprint density at radius 1 is 1.17 bits per heavy atom. The van der Waals surface area contributed by atoms with E-state index < -0.39 is 10.0 Å². The number of fused-ring (bicyclic) bond motifs is 1. The van der Waals surface area contributed by atoms with Crippen LogP contribution in [0, 0.1) is 13.8 Å². The molecule has 0 aromatic heterocycles. The number of benzene rings is 2. The minimum Gasteiger partial charge on any atom is -0.497 e. The molecule has 0 amide bonds. The molecule has 5 nitrogen and oxygen atoms in total. The highest BCUT2D eigenvalue weighted by molar-refractivity contribution is 7.89. The second-order valence-electron chi connectivity index (χ2n) is 5.94. The van der Waals surface area contributed by atoms with E-state index in [1.165, 1.54) is 0 Å². The van der Waals surface area contributed by atoms with Gasteiger partial charge in [0.1, 0.15) is 11.5 Å². The average Bonchev–Trinajstić information content (AvgIpc) is 2.54. The van der Waals surface area contributed by atoms with E-state index in [1.54, 1.807) is 33.1 Å². The smallest absolute Gasteiger partial charge is 0.241 e. The van der Waals surface area contributed by atoms with Crippen LogP contribution in [-0.2, 0) is 10.0 Å². The third kappa shape index (κ3) is 3.12. The fraction of sp³-hybridized carbons (Fsp3) is 0.333. The predicted octanol–water partition coefficient (Wildman–Crippen LogP) is 3.11. The zero-order chi connectivity index (χ0) is 17.3. The van der Waals surface area contributed by atoms with Gasteiger partial charge in [-0.15, -0.1) is 0 Å². The van der Waals surface area contributed by atoms with Crippen molar-refractivity contribution in [3.8, 4) is 11.5 Å². The van der Waals surface area contributed by atoms with Crippen LogP contribution in [0.5, 0.6) is 11.5 Å². The molecule has 2 aromatic carbocycles. The fourth-order valence-electron chi connectivity index (χ4n) is 3.16. The highest BCUT2D eigenvalue weighted by Crippen LogP contribution is 2.34. The number of sulfonamides is 1. The Kier molecular flexibility index (Phi) is 4.51. The van der Waals surface area contributed by atoms with Gasteiger partial charge >= 0.3 is 0 Å². The lowest BCUT2D eigenvalue weighted by Crippen LogP contribution is -2.33. The van der Waals surface area contributed by atoms with Crippen molar-refractivity contribution >= 4 is 10.0 Å². The summed E-state index contributed by atoms with van der Waals surface area (Å²) in [5, 5.41) is 0. The van der Waals surface area contributed by atoms with Crippen LogP contribution < -0.4 is 14.2 Å². The molecule has 1 aliphatic heterocycles. The molecule has 128 valence electrons. The lowest BCUT2D eigenvalue weighted by atomic mass is 10.0. The van der Waals surface area contributed by atoms with Crippen molar-refractivity contribution in [2.75, 3.05) is 13.7 Å². The molecule has 1 N–H and O–H groups in total. The van der Waals surface area contributed by atoms with E-state index in [2.05, 4.69) is 4.72 Å². The third-order valence-electron chi connectivity index (χ3n) is 4.19. The van der Waals surface area contributed by atoms with E-state index in [1.807, 2.05) is 24.3 Å². The average molecular weight is 347 g/mol. The van der Waals surface area contributed by atoms with Crippen LogP contribution in [0.2, 0.25) is 0 Å². The highest BCUT2D eigenvalue weighted by Gasteiger charge is 2.28. The van der Waals surface area contributed by atoms with Crippen molar-refractivity contribution in [1.82, 2.24) is 4.72 Å². The third-order valence-corrected chi connectivity index (χ3v) is 5.97. The maximum absolute atomic E-state index is 13.0. The van der Waals surface area contributed by atoms with Gasteiger partial charge in [0.15, 0.2) is 0 Å². The molecule has 0 fully saturated rings. The first kappa shape index (κ1) is 16.8. The number of hydrogen-bond acceptors (Lipinski definition) is 4. The first-order valence-corrected chi connectivity index (χ1v) is 9.30. The number of nitrogens with one attached hydrogen (secondary N) is 1. The Labute approximate surface area is 142 Å². The molecule has 1 heterocycles. The Hall–Kier alpha value is -2.05. The number of methoxy groups -OCH3 is 1. The van der Waals surface area contributed by atoms with Gasteiger partial charge in [0, 0.05) is 12.0 Å². The van der Waals surface area contributed by atoms with Crippen LogP contribution in [0.1, 0.15) is 29.2 Å². The van der Waals surface area contributed by atoms with Crippen LogP contribution in [0.4, 0.5) is 0 Å². The van der Waals surface area contributed by atoms with E-state index in [-0.39, 0.29) is 6.04 Å².